The third-order valence-electron chi connectivity index (χ3n) is 4.16. The van der Waals surface area contributed by atoms with Crippen LogP contribution in [0, 0.1) is 6.92 Å². The fraction of sp³-hybridized carbons (Fsp3) is 0.769. The lowest BCUT2D eigenvalue weighted by molar-refractivity contribution is -0.677. The van der Waals surface area contributed by atoms with Gasteiger partial charge in [-0.2, -0.15) is 0 Å². The first-order valence-corrected chi connectivity index (χ1v) is 9.12. The van der Waals surface area contributed by atoms with E-state index >= 15 is 0 Å². The van der Waals surface area contributed by atoms with Crippen molar-refractivity contribution in [1.82, 2.24) is 4.57 Å². The van der Waals surface area contributed by atoms with Crippen LogP contribution in [0.25, 0.3) is 0 Å². The molecule has 0 aliphatic carbocycles. The molecular formula is C13H27IN2OSi. The highest BCUT2D eigenvalue weighted by molar-refractivity contribution is 6.74. The van der Waals surface area contributed by atoms with Gasteiger partial charge in [0.2, 0.25) is 0 Å². The predicted molar refractivity (Wildman–Crippen MR) is 73.3 cm³/mol. The van der Waals surface area contributed by atoms with Crippen LogP contribution in [-0.2, 0) is 25.1 Å². The molecule has 0 spiro atoms. The second-order valence-corrected chi connectivity index (χ2v) is 11.2. The number of aryl methyl sites for hydroxylation is 1. The van der Waals surface area contributed by atoms with E-state index in [1.165, 1.54) is 11.5 Å². The molecule has 0 bridgehead atoms. The molecule has 0 unspecified atom stereocenters. The number of nitrogens with zero attached hydrogens (tertiary/aromatic N) is 2. The molecule has 0 aromatic carbocycles. The van der Waals surface area contributed by atoms with Crippen molar-refractivity contribution in [2.24, 2.45) is 14.1 Å². The lowest BCUT2D eigenvalue weighted by atomic mass is 10.2. The number of halogens is 1. The van der Waals surface area contributed by atoms with E-state index in [2.05, 4.69) is 70.2 Å². The van der Waals surface area contributed by atoms with Gasteiger partial charge >= 0.3 is 0 Å². The number of aromatic nitrogens is 2. The molecule has 1 aromatic rings. The summed E-state index contributed by atoms with van der Waals surface area (Å²) >= 11 is 0. The van der Waals surface area contributed by atoms with Crippen molar-refractivity contribution in [3.8, 4) is 0 Å². The molecule has 3 nitrogen and oxygen atoms in total. The summed E-state index contributed by atoms with van der Waals surface area (Å²) in [6, 6.07) is 0. The molecule has 1 aromatic heterocycles. The van der Waals surface area contributed by atoms with Gasteiger partial charge in [0.15, 0.2) is 14.0 Å². The molecule has 0 saturated carbocycles. The highest BCUT2D eigenvalue weighted by atomic mass is 127. The second kappa shape index (κ2) is 6.05. The van der Waals surface area contributed by atoms with Crippen LogP contribution in [-0.4, -0.2) is 12.9 Å². The Morgan fingerprint density at radius 3 is 2.17 bits per heavy atom. The van der Waals surface area contributed by atoms with Crippen molar-refractivity contribution in [2.45, 2.75) is 52.4 Å². The standard InChI is InChI=1S/C13H27N2OSi.HI/c1-11-14(5)9-12(15(11)6)10-16-17(7,8)13(2,3)4;/h9H,10H2,1-8H3;1H/q+1;/p-1. The van der Waals surface area contributed by atoms with E-state index in [0.717, 1.165) is 0 Å². The van der Waals surface area contributed by atoms with Gasteiger partial charge in [-0.1, -0.05) is 20.8 Å². The van der Waals surface area contributed by atoms with Gasteiger partial charge in [-0.3, -0.25) is 0 Å². The monoisotopic (exact) mass is 382 g/mol. The summed E-state index contributed by atoms with van der Waals surface area (Å²) < 4.78 is 10.6. The van der Waals surface area contributed by atoms with Crippen LogP contribution in [0.3, 0.4) is 0 Å². The third-order valence-corrected chi connectivity index (χ3v) is 8.63. The third kappa shape index (κ3) is 3.80. The summed E-state index contributed by atoms with van der Waals surface area (Å²) in [7, 11) is 2.53. The van der Waals surface area contributed by atoms with Crippen LogP contribution in [0.5, 0.6) is 0 Å². The van der Waals surface area contributed by atoms with Gasteiger partial charge < -0.3 is 28.4 Å². The lowest BCUT2D eigenvalue weighted by Crippen LogP contribution is -3.00. The van der Waals surface area contributed by atoms with Crippen molar-refractivity contribution < 1.29 is 33.0 Å². The van der Waals surface area contributed by atoms with Crippen LogP contribution < -0.4 is 28.5 Å². The summed E-state index contributed by atoms with van der Waals surface area (Å²) in [4.78, 5) is 0. The SMILES string of the molecule is Cc1n(C)c(CO[Si](C)(C)C(C)(C)C)c[n+]1C.[I-]. The molecule has 0 amide bonds. The summed E-state index contributed by atoms with van der Waals surface area (Å²) in [5.41, 5.74) is 1.25. The van der Waals surface area contributed by atoms with Crippen molar-refractivity contribution in [2.75, 3.05) is 0 Å². The molecule has 0 aliphatic rings. The quantitative estimate of drug-likeness (QED) is 0.398. The van der Waals surface area contributed by atoms with E-state index in [-0.39, 0.29) is 29.0 Å². The molecule has 0 fully saturated rings. The largest absolute Gasteiger partial charge is 1.00 e. The Morgan fingerprint density at radius 2 is 1.83 bits per heavy atom. The topological polar surface area (TPSA) is 18.0 Å². The zero-order valence-electron chi connectivity index (χ0n) is 13.0. The molecule has 0 radical (unpaired) electrons. The lowest BCUT2D eigenvalue weighted by Gasteiger charge is -2.35. The highest BCUT2D eigenvalue weighted by Crippen LogP contribution is 2.36. The average Bonchev–Trinajstić information content (AvgIpc) is 2.41. The Hall–Kier alpha value is 0.117. The zero-order valence-corrected chi connectivity index (χ0v) is 16.1. The highest BCUT2D eigenvalue weighted by Gasteiger charge is 2.37. The normalized spacial score (nSPS) is 12.4. The van der Waals surface area contributed by atoms with E-state index in [4.69, 9.17) is 4.43 Å². The molecule has 0 N–H and O–H groups in total. The Bertz CT molecular complexity index is 408. The average molecular weight is 382 g/mol. The van der Waals surface area contributed by atoms with Crippen LogP contribution >= 0.6 is 0 Å². The molecule has 106 valence electrons. The number of imidazole rings is 1. The Morgan fingerprint density at radius 1 is 1.33 bits per heavy atom. The number of rotatable bonds is 3. The van der Waals surface area contributed by atoms with E-state index in [0.29, 0.717) is 6.61 Å². The minimum absolute atomic E-state index is 0. The molecule has 1 heterocycles. The fourth-order valence-corrected chi connectivity index (χ4v) is 2.39. The van der Waals surface area contributed by atoms with Gasteiger partial charge in [0, 0.05) is 6.92 Å². The first kappa shape index (κ1) is 18.1. The minimum atomic E-state index is -1.64. The molecule has 0 saturated heterocycles. The summed E-state index contributed by atoms with van der Waals surface area (Å²) in [6.07, 6.45) is 2.16. The van der Waals surface area contributed by atoms with Gasteiger partial charge in [-0.25, -0.2) is 9.13 Å². The molecule has 5 heteroatoms. The summed E-state index contributed by atoms with van der Waals surface area (Å²) in [6.45, 7) is 14.2. The molecule has 18 heavy (non-hydrogen) atoms. The first-order valence-electron chi connectivity index (χ1n) is 6.21. The van der Waals surface area contributed by atoms with Crippen LogP contribution in [0.2, 0.25) is 18.1 Å². The van der Waals surface area contributed by atoms with E-state index in [9.17, 15) is 0 Å². The minimum Gasteiger partial charge on any atom is -1.00 e. The van der Waals surface area contributed by atoms with Gasteiger partial charge in [0.05, 0.1) is 20.7 Å². The van der Waals surface area contributed by atoms with Gasteiger partial charge in [0.25, 0.3) is 5.82 Å². The Kier molecular flexibility index (Phi) is 6.09. The van der Waals surface area contributed by atoms with E-state index < -0.39 is 8.32 Å². The van der Waals surface area contributed by atoms with E-state index in [1.54, 1.807) is 0 Å². The molecule has 0 aliphatic heterocycles. The van der Waals surface area contributed by atoms with Crippen molar-refractivity contribution in [1.29, 1.82) is 0 Å². The van der Waals surface area contributed by atoms with Gasteiger partial charge in [0.1, 0.15) is 6.20 Å². The van der Waals surface area contributed by atoms with Crippen molar-refractivity contribution in [3.05, 3.63) is 17.7 Å². The maximum atomic E-state index is 6.23. The molecule has 1 rings (SSSR count). The van der Waals surface area contributed by atoms with Crippen molar-refractivity contribution in [3.63, 3.8) is 0 Å². The second-order valence-electron chi connectivity index (χ2n) is 6.39. The summed E-state index contributed by atoms with van der Waals surface area (Å²) in [5.74, 6) is 1.25. The van der Waals surface area contributed by atoms with Crippen molar-refractivity contribution >= 4 is 8.32 Å². The Labute approximate surface area is 130 Å². The molecular weight excluding hydrogens is 355 g/mol. The van der Waals surface area contributed by atoms with Crippen LogP contribution in [0.1, 0.15) is 32.3 Å². The van der Waals surface area contributed by atoms with Gasteiger partial charge in [-0.05, 0) is 18.1 Å². The predicted octanol–water partition coefficient (Wildman–Crippen LogP) is -0.316. The van der Waals surface area contributed by atoms with E-state index in [1.807, 2.05) is 0 Å². The first-order chi connectivity index (χ1) is 7.56. The number of hydrogen-bond acceptors (Lipinski definition) is 1. The maximum Gasteiger partial charge on any atom is 0.253 e. The van der Waals surface area contributed by atoms with Crippen LogP contribution in [0.15, 0.2) is 6.20 Å². The smallest absolute Gasteiger partial charge is 0.253 e. The Balaban J connectivity index is 0.00000289. The zero-order chi connectivity index (χ0) is 13.4. The number of hydrogen-bond donors (Lipinski definition) is 0. The van der Waals surface area contributed by atoms with Crippen LogP contribution in [0.4, 0.5) is 0 Å². The summed E-state index contributed by atoms with van der Waals surface area (Å²) in [5, 5.41) is 0.273. The fourth-order valence-electron chi connectivity index (χ4n) is 1.45. The maximum absolute atomic E-state index is 6.23. The van der Waals surface area contributed by atoms with Gasteiger partial charge in [-0.15, -0.1) is 0 Å². The molecule has 0 atom stereocenters.